The number of benzene rings is 1. The van der Waals surface area contributed by atoms with Gasteiger partial charge in [-0.05, 0) is 26.0 Å². The number of carbonyl (C=O) groups excluding carboxylic acids is 1. The van der Waals surface area contributed by atoms with Crippen LogP contribution in [0.5, 0.6) is 0 Å². The van der Waals surface area contributed by atoms with Gasteiger partial charge in [-0.3, -0.25) is 4.79 Å². The fourth-order valence-electron chi connectivity index (χ4n) is 3.60. The van der Waals surface area contributed by atoms with Gasteiger partial charge in [0.1, 0.15) is 12.2 Å². The molecule has 0 aromatic heterocycles. The van der Waals surface area contributed by atoms with Gasteiger partial charge in [-0.15, -0.1) is 11.8 Å². The third-order valence-electron chi connectivity index (χ3n) is 4.64. The van der Waals surface area contributed by atoms with Crippen LogP contribution in [0.15, 0.2) is 35.2 Å². The molecule has 4 rings (SSSR count). The maximum absolute atomic E-state index is 12.9. The maximum atomic E-state index is 12.9. The largest absolute Gasteiger partial charge is 0.353 e. The zero-order chi connectivity index (χ0) is 16.2. The molecule has 3 fully saturated rings. The van der Waals surface area contributed by atoms with Crippen molar-refractivity contribution in [1.82, 2.24) is 0 Å². The van der Waals surface area contributed by atoms with Crippen molar-refractivity contribution in [2.75, 3.05) is 7.11 Å². The average molecular weight is 336 g/mol. The van der Waals surface area contributed by atoms with E-state index < -0.39 is 23.8 Å². The number of hydrogen-bond donors (Lipinski definition) is 0. The van der Waals surface area contributed by atoms with Crippen LogP contribution in [0, 0.1) is 0 Å². The Morgan fingerprint density at radius 2 is 1.91 bits per heavy atom. The Morgan fingerprint density at radius 1 is 1.17 bits per heavy atom. The third kappa shape index (κ3) is 2.36. The highest BCUT2D eigenvalue weighted by Crippen LogP contribution is 2.54. The summed E-state index contributed by atoms with van der Waals surface area (Å²) in [7, 11) is 1.56. The molecule has 1 aromatic carbocycles. The molecule has 0 radical (unpaired) electrons. The lowest BCUT2D eigenvalue weighted by Crippen LogP contribution is -2.63. The van der Waals surface area contributed by atoms with Crippen LogP contribution in [0.4, 0.5) is 0 Å². The number of methoxy groups -OCH3 is 1. The van der Waals surface area contributed by atoms with Gasteiger partial charge in [0.2, 0.25) is 0 Å². The van der Waals surface area contributed by atoms with Crippen molar-refractivity contribution in [3.8, 4) is 0 Å². The molecule has 1 aliphatic carbocycles. The van der Waals surface area contributed by atoms with Gasteiger partial charge in [0.25, 0.3) is 0 Å². The first-order valence-electron chi connectivity index (χ1n) is 7.77. The number of fused-ring (bicyclic) bond motifs is 2. The predicted molar refractivity (Wildman–Crippen MR) is 84.1 cm³/mol. The van der Waals surface area contributed by atoms with Crippen LogP contribution in [-0.4, -0.2) is 48.0 Å². The van der Waals surface area contributed by atoms with Gasteiger partial charge in [-0.2, -0.15) is 0 Å². The summed E-state index contributed by atoms with van der Waals surface area (Å²) in [5.41, 5.74) is -0.925. The molecule has 6 heteroatoms. The molecular weight excluding hydrogens is 316 g/mol. The van der Waals surface area contributed by atoms with Gasteiger partial charge >= 0.3 is 0 Å². The summed E-state index contributed by atoms with van der Waals surface area (Å²) >= 11 is 1.58. The van der Waals surface area contributed by atoms with Crippen molar-refractivity contribution in [3.05, 3.63) is 30.3 Å². The number of hydrogen-bond acceptors (Lipinski definition) is 6. The van der Waals surface area contributed by atoms with E-state index in [4.69, 9.17) is 18.9 Å². The second kappa shape index (κ2) is 5.29. The monoisotopic (exact) mass is 336 g/mol. The Morgan fingerprint density at radius 3 is 2.57 bits per heavy atom. The van der Waals surface area contributed by atoms with E-state index >= 15 is 0 Å². The molecule has 0 N–H and O–H groups in total. The highest BCUT2D eigenvalue weighted by Gasteiger charge is 2.72. The number of carbonyl (C=O) groups is 1. The number of Topliss-reactive ketones (excluding diaryl/α,β-unsaturated/α-hetero) is 1. The van der Waals surface area contributed by atoms with Gasteiger partial charge in [0, 0.05) is 18.4 Å². The van der Waals surface area contributed by atoms with Gasteiger partial charge in [-0.25, -0.2) is 0 Å². The molecule has 5 atom stereocenters. The fourth-order valence-corrected chi connectivity index (χ4v) is 4.88. The lowest BCUT2D eigenvalue weighted by Gasteiger charge is -2.44. The standard InChI is InChI=1S/C17H20O5S/c1-16(2)20-12-14(21-16)17(22-15(12)19-3)9-11(13(17)18)23-10-7-5-4-6-8-10/h4-8,11-12,14-15H,9H2,1-3H3/t11?,12?,14-,15-,17?/m1/s1. The lowest BCUT2D eigenvalue weighted by atomic mass is 9.74. The summed E-state index contributed by atoms with van der Waals surface area (Å²) in [6.07, 6.45) is -0.705. The molecule has 3 aliphatic rings. The topological polar surface area (TPSA) is 54.0 Å². The fraction of sp³-hybridized carbons (Fsp3) is 0.588. The van der Waals surface area contributed by atoms with Crippen molar-refractivity contribution in [3.63, 3.8) is 0 Å². The predicted octanol–water partition coefficient (Wildman–Crippen LogP) is 2.38. The van der Waals surface area contributed by atoms with Crippen LogP contribution < -0.4 is 0 Å². The second-order valence-electron chi connectivity index (χ2n) is 6.62. The minimum Gasteiger partial charge on any atom is -0.353 e. The normalized spacial score (nSPS) is 41.1. The number of thioether (sulfide) groups is 1. The Kier molecular flexibility index (Phi) is 3.59. The minimum absolute atomic E-state index is 0.0715. The van der Waals surface area contributed by atoms with Crippen molar-refractivity contribution >= 4 is 17.5 Å². The SMILES string of the molecule is CO[C@@H]1OC2(CC(Sc3ccccc3)C2=O)[C@@H]2OC(C)(C)OC12. The first kappa shape index (κ1) is 15.6. The molecule has 3 unspecified atom stereocenters. The molecule has 1 saturated carbocycles. The quantitative estimate of drug-likeness (QED) is 0.845. The zero-order valence-corrected chi connectivity index (χ0v) is 14.2. The highest BCUT2D eigenvalue weighted by atomic mass is 32.2. The molecule has 1 spiro atoms. The lowest BCUT2D eigenvalue weighted by molar-refractivity contribution is -0.254. The smallest absolute Gasteiger partial charge is 0.187 e. The molecule has 5 nitrogen and oxygen atoms in total. The van der Waals surface area contributed by atoms with Crippen LogP contribution in [0.3, 0.4) is 0 Å². The first-order valence-corrected chi connectivity index (χ1v) is 8.65. The molecule has 0 amide bonds. The molecule has 124 valence electrons. The van der Waals surface area contributed by atoms with E-state index in [-0.39, 0.29) is 17.1 Å². The van der Waals surface area contributed by atoms with Gasteiger partial charge in [-0.1, -0.05) is 18.2 Å². The molecular formula is C17H20O5S. The van der Waals surface area contributed by atoms with E-state index in [2.05, 4.69) is 0 Å². The summed E-state index contributed by atoms with van der Waals surface area (Å²) in [5, 5.41) is -0.110. The van der Waals surface area contributed by atoms with Crippen LogP contribution in [-0.2, 0) is 23.7 Å². The summed E-state index contributed by atoms with van der Waals surface area (Å²) in [5.74, 6) is -0.650. The van der Waals surface area contributed by atoms with Crippen LogP contribution in [0.1, 0.15) is 20.3 Å². The summed E-state index contributed by atoms with van der Waals surface area (Å²) in [4.78, 5) is 14.0. The Bertz CT molecular complexity index is 619. The zero-order valence-electron chi connectivity index (χ0n) is 13.4. The van der Waals surface area contributed by atoms with E-state index in [9.17, 15) is 4.79 Å². The average Bonchev–Trinajstić information content (AvgIpc) is 3.00. The number of rotatable bonds is 3. The summed E-state index contributed by atoms with van der Waals surface area (Å²) in [6.45, 7) is 3.70. The van der Waals surface area contributed by atoms with Gasteiger partial charge < -0.3 is 18.9 Å². The Hall–Kier alpha value is -0.920. The minimum atomic E-state index is -0.925. The van der Waals surface area contributed by atoms with Crippen LogP contribution in [0.2, 0.25) is 0 Å². The third-order valence-corrected chi connectivity index (χ3v) is 5.84. The van der Waals surface area contributed by atoms with E-state index in [0.717, 1.165) is 4.90 Å². The van der Waals surface area contributed by atoms with Crippen molar-refractivity contribution in [2.45, 2.75) is 60.3 Å². The van der Waals surface area contributed by atoms with Crippen LogP contribution >= 0.6 is 11.8 Å². The summed E-state index contributed by atoms with van der Waals surface area (Å²) < 4.78 is 23.2. The van der Waals surface area contributed by atoms with Crippen molar-refractivity contribution < 1.29 is 23.7 Å². The molecule has 23 heavy (non-hydrogen) atoms. The van der Waals surface area contributed by atoms with E-state index in [1.54, 1.807) is 18.9 Å². The molecule has 2 aliphatic heterocycles. The van der Waals surface area contributed by atoms with E-state index in [1.807, 2.05) is 44.2 Å². The molecule has 2 heterocycles. The van der Waals surface area contributed by atoms with Crippen LogP contribution in [0.25, 0.3) is 0 Å². The van der Waals surface area contributed by atoms with E-state index in [1.165, 1.54) is 0 Å². The van der Waals surface area contributed by atoms with Gasteiger partial charge in [0.05, 0.1) is 5.25 Å². The van der Waals surface area contributed by atoms with E-state index in [0.29, 0.717) is 6.42 Å². The van der Waals surface area contributed by atoms with Crippen molar-refractivity contribution in [2.24, 2.45) is 0 Å². The molecule has 0 bridgehead atoms. The molecule has 1 aromatic rings. The number of ether oxygens (including phenoxy) is 4. The maximum Gasteiger partial charge on any atom is 0.187 e. The van der Waals surface area contributed by atoms with Gasteiger partial charge in [0.15, 0.2) is 23.5 Å². The first-order chi connectivity index (χ1) is 11.0. The highest BCUT2D eigenvalue weighted by molar-refractivity contribution is 8.00. The number of ketones is 1. The van der Waals surface area contributed by atoms with Crippen molar-refractivity contribution in [1.29, 1.82) is 0 Å². The Balaban J connectivity index is 1.53. The Labute approximate surface area is 139 Å². The second-order valence-corrected chi connectivity index (χ2v) is 7.90. The molecule has 2 saturated heterocycles. The summed E-state index contributed by atoms with van der Waals surface area (Å²) in [6, 6.07) is 9.93.